The van der Waals surface area contributed by atoms with Gasteiger partial charge in [-0.25, -0.2) is 22.1 Å². The summed E-state index contributed by atoms with van der Waals surface area (Å²) in [5.74, 6) is -0.732. The molecule has 0 aliphatic heterocycles. The Labute approximate surface area is 217 Å². The average molecular weight is 543 g/mol. The van der Waals surface area contributed by atoms with E-state index in [9.17, 15) is 17.6 Å². The molecule has 0 atom stereocenters. The van der Waals surface area contributed by atoms with Gasteiger partial charge in [0, 0.05) is 25.7 Å². The molecular formula is C24H32ClFN4O3S2. The summed E-state index contributed by atoms with van der Waals surface area (Å²) in [6.07, 6.45) is 2.37. The van der Waals surface area contributed by atoms with Crippen molar-refractivity contribution in [3.63, 3.8) is 0 Å². The molecule has 0 spiro atoms. The summed E-state index contributed by atoms with van der Waals surface area (Å²) in [4.78, 5) is 21.6. The lowest BCUT2D eigenvalue weighted by Crippen LogP contribution is -2.33. The quantitative estimate of drug-likeness (QED) is 0.345. The molecule has 0 bridgehead atoms. The molecule has 192 valence electrons. The lowest BCUT2D eigenvalue weighted by Gasteiger charge is -2.21. The van der Waals surface area contributed by atoms with Crippen LogP contribution in [0.4, 0.5) is 9.52 Å². The van der Waals surface area contributed by atoms with Gasteiger partial charge >= 0.3 is 0 Å². The fourth-order valence-electron chi connectivity index (χ4n) is 3.45. The number of fused-ring (bicyclic) bond motifs is 1. The second-order valence-corrected chi connectivity index (χ2v) is 11.5. The Hall–Kier alpha value is -2.11. The molecule has 0 N–H and O–H groups in total. The summed E-state index contributed by atoms with van der Waals surface area (Å²) in [5.41, 5.74) is 0.587. The van der Waals surface area contributed by atoms with Gasteiger partial charge in [0.1, 0.15) is 11.3 Å². The lowest BCUT2D eigenvalue weighted by atomic mass is 10.2. The molecule has 0 radical (unpaired) electrons. The Morgan fingerprint density at radius 3 is 2.29 bits per heavy atom. The minimum Gasteiger partial charge on any atom is -0.309 e. The summed E-state index contributed by atoms with van der Waals surface area (Å²) < 4.78 is 41.8. The van der Waals surface area contributed by atoms with E-state index in [1.165, 1.54) is 46.0 Å². The van der Waals surface area contributed by atoms with Gasteiger partial charge in [-0.2, -0.15) is 0 Å². The van der Waals surface area contributed by atoms with E-state index in [0.29, 0.717) is 34.9 Å². The van der Waals surface area contributed by atoms with Crippen molar-refractivity contribution in [2.75, 3.05) is 45.7 Å². The van der Waals surface area contributed by atoms with Crippen molar-refractivity contribution in [1.82, 2.24) is 14.2 Å². The molecule has 0 fully saturated rings. The van der Waals surface area contributed by atoms with Gasteiger partial charge in [0.2, 0.25) is 10.0 Å². The molecule has 11 heteroatoms. The maximum Gasteiger partial charge on any atom is 0.260 e. The highest BCUT2D eigenvalue weighted by atomic mass is 35.5. The van der Waals surface area contributed by atoms with Crippen LogP contribution in [0.3, 0.4) is 0 Å². The monoisotopic (exact) mass is 542 g/mol. The van der Waals surface area contributed by atoms with Crippen LogP contribution >= 0.6 is 23.7 Å². The first-order valence-electron chi connectivity index (χ1n) is 11.2. The number of hydrogen-bond donors (Lipinski definition) is 0. The number of aromatic nitrogens is 1. The number of rotatable bonds is 11. The highest BCUT2D eigenvalue weighted by Crippen LogP contribution is 2.31. The Balaban J connectivity index is 0.00000432. The van der Waals surface area contributed by atoms with Crippen LogP contribution in [0.2, 0.25) is 0 Å². The average Bonchev–Trinajstić information content (AvgIpc) is 3.25. The van der Waals surface area contributed by atoms with E-state index in [-0.39, 0.29) is 28.7 Å². The van der Waals surface area contributed by atoms with Crippen LogP contribution in [0, 0.1) is 5.82 Å². The first-order valence-corrected chi connectivity index (χ1v) is 13.5. The largest absolute Gasteiger partial charge is 0.309 e. The molecule has 2 aromatic carbocycles. The SMILES string of the molecule is CCCCN(C)S(=O)(=O)c1ccc(C(=O)N(CCCN(C)C)c2nc3c(F)cccc3s2)cc1.Cl. The van der Waals surface area contributed by atoms with Gasteiger partial charge in [-0.05, 0) is 69.9 Å². The molecule has 0 unspecified atom stereocenters. The first-order chi connectivity index (χ1) is 16.1. The van der Waals surface area contributed by atoms with Crippen molar-refractivity contribution >= 4 is 55.0 Å². The molecular weight excluding hydrogens is 511 g/mol. The van der Waals surface area contributed by atoms with Crippen LogP contribution < -0.4 is 4.90 Å². The number of benzene rings is 2. The normalized spacial score (nSPS) is 11.7. The van der Waals surface area contributed by atoms with E-state index in [4.69, 9.17) is 0 Å². The maximum absolute atomic E-state index is 14.2. The second-order valence-electron chi connectivity index (χ2n) is 8.40. The van der Waals surface area contributed by atoms with Gasteiger partial charge in [0.15, 0.2) is 5.13 Å². The van der Waals surface area contributed by atoms with Gasteiger partial charge < -0.3 is 4.90 Å². The second kappa shape index (κ2) is 12.7. The van der Waals surface area contributed by atoms with Crippen molar-refractivity contribution in [3.05, 3.63) is 53.8 Å². The summed E-state index contributed by atoms with van der Waals surface area (Å²) in [7, 11) is 1.85. The Morgan fingerprint density at radius 1 is 1.00 bits per heavy atom. The predicted molar refractivity (Wildman–Crippen MR) is 143 cm³/mol. The molecule has 0 saturated carbocycles. The number of unbranched alkanes of at least 4 members (excludes halogenated alkanes) is 1. The van der Waals surface area contributed by atoms with Crippen LogP contribution in [-0.4, -0.2) is 69.3 Å². The van der Waals surface area contributed by atoms with Crippen molar-refractivity contribution in [1.29, 1.82) is 0 Å². The van der Waals surface area contributed by atoms with Gasteiger partial charge in [-0.3, -0.25) is 9.69 Å². The van der Waals surface area contributed by atoms with Crippen LogP contribution in [0.25, 0.3) is 10.2 Å². The lowest BCUT2D eigenvalue weighted by molar-refractivity contribution is 0.0986. The van der Waals surface area contributed by atoms with E-state index in [2.05, 4.69) is 4.98 Å². The van der Waals surface area contributed by atoms with E-state index in [0.717, 1.165) is 19.4 Å². The van der Waals surface area contributed by atoms with E-state index >= 15 is 0 Å². The summed E-state index contributed by atoms with van der Waals surface area (Å²) in [5, 5.41) is 0.417. The Morgan fingerprint density at radius 2 is 1.69 bits per heavy atom. The molecule has 3 rings (SSSR count). The number of carbonyl (C=O) groups excluding carboxylic acids is 1. The van der Waals surface area contributed by atoms with Crippen molar-refractivity contribution in [3.8, 4) is 0 Å². The van der Waals surface area contributed by atoms with Crippen LogP contribution in [0.5, 0.6) is 0 Å². The smallest absolute Gasteiger partial charge is 0.260 e. The standard InChI is InChI=1S/C24H31FN4O3S2.ClH/c1-5-6-16-28(4)34(31,32)19-13-11-18(12-14-19)23(30)29(17-8-15-27(2)3)24-26-22-20(25)9-7-10-21(22)33-24;/h7,9-14H,5-6,8,15-17H2,1-4H3;1H. The number of nitrogens with zero attached hydrogens (tertiary/aromatic N) is 4. The van der Waals surface area contributed by atoms with Gasteiger partial charge in [-0.1, -0.05) is 30.7 Å². The fraction of sp³-hybridized carbons (Fsp3) is 0.417. The predicted octanol–water partition coefficient (Wildman–Crippen LogP) is 4.88. The Bertz CT molecular complexity index is 1230. The third kappa shape index (κ3) is 6.98. The number of halogens is 2. The number of amides is 1. The van der Waals surface area contributed by atoms with Gasteiger partial charge in [-0.15, -0.1) is 12.4 Å². The molecule has 1 aromatic heterocycles. The molecule has 0 aliphatic carbocycles. The van der Waals surface area contributed by atoms with Crippen LogP contribution in [0.15, 0.2) is 47.4 Å². The zero-order valence-corrected chi connectivity index (χ0v) is 22.8. The highest BCUT2D eigenvalue weighted by molar-refractivity contribution is 7.89. The fourth-order valence-corrected chi connectivity index (χ4v) is 5.67. The van der Waals surface area contributed by atoms with Crippen LogP contribution in [0.1, 0.15) is 36.5 Å². The van der Waals surface area contributed by atoms with Crippen LogP contribution in [-0.2, 0) is 10.0 Å². The Kier molecular flexibility index (Phi) is 10.6. The third-order valence-corrected chi connectivity index (χ3v) is 8.37. The molecule has 0 saturated heterocycles. The molecule has 3 aromatic rings. The summed E-state index contributed by atoms with van der Waals surface area (Å²) in [6.45, 7) is 3.61. The number of carbonyl (C=O) groups is 1. The summed E-state index contributed by atoms with van der Waals surface area (Å²) >= 11 is 1.26. The molecule has 0 aliphatic rings. The molecule has 1 amide bonds. The third-order valence-electron chi connectivity index (χ3n) is 5.46. The van der Waals surface area contributed by atoms with Crippen molar-refractivity contribution in [2.24, 2.45) is 0 Å². The summed E-state index contributed by atoms with van der Waals surface area (Å²) in [6, 6.07) is 10.7. The number of hydrogen-bond acceptors (Lipinski definition) is 6. The molecule has 35 heavy (non-hydrogen) atoms. The first kappa shape index (κ1) is 29.1. The highest BCUT2D eigenvalue weighted by Gasteiger charge is 2.24. The van der Waals surface area contributed by atoms with Gasteiger partial charge in [0.05, 0.1) is 9.60 Å². The number of para-hydroxylation sites is 1. The van der Waals surface area contributed by atoms with Gasteiger partial charge in [0.25, 0.3) is 5.91 Å². The van der Waals surface area contributed by atoms with E-state index in [1.54, 1.807) is 24.1 Å². The zero-order valence-electron chi connectivity index (χ0n) is 20.4. The number of sulfonamides is 1. The number of thiazole rings is 1. The topological polar surface area (TPSA) is 73.8 Å². The van der Waals surface area contributed by atoms with E-state index in [1.807, 2.05) is 25.9 Å². The minimum atomic E-state index is -3.62. The molecule has 7 nitrogen and oxygen atoms in total. The minimum absolute atomic E-state index is 0. The number of anilines is 1. The molecule has 1 heterocycles. The van der Waals surface area contributed by atoms with Crippen molar-refractivity contribution < 1.29 is 17.6 Å². The van der Waals surface area contributed by atoms with E-state index < -0.39 is 15.8 Å². The zero-order chi connectivity index (χ0) is 24.9. The van der Waals surface area contributed by atoms with Crippen molar-refractivity contribution in [2.45, 2.75) is 31.1 Å². The maximum atomic E-state index is 14.2.